The molecule has 0 bridgehead atoms. The molecule has 1 aromatic carbocycles. The molecular formula is C16H24N2O2. The minimum atomic E-state index is 0.204. The van der Waals surface area contributed by atoms with Gasteiger partial charge in [0.05, 0.1) is 0 Å². The van der Waals surface area contributed by atoms with Crippen molar-refractivity contribution in [3.63, 3.8) is 0 Å². The Morgan fingerprint density at radius 1 is 1.30 bits per heavy atom. The highest BCUT2D eigenvalue weighted by Crippen LogP contribution is 2.23. The van der Waals surface area contributed by atoms with Gasteiger partial charge in [-0.2, -0.15) is 0 Å². The molecule has 20 heavy (non-hydrogen) atoms. The van der Waals surface area contributed by atoms with Gasteiger partial charge in [-0.05, 0) is 37.0 Å². The zero-order chi connectivity index (χ0) is 14.5. The second-order valence-electron chi connectivity index (χ2n) is 5.66. The Morgan fingerprint density at radius 2 is 2.00 bits per heavy atom. The maximum atomic E-state index is 11.7. The number of hydrogen-bond acceptors (Lipinski definition) is 3. The van der Waals surface area contributed by atoms with Crippen molar-refractivity contribution < 1.29 is 9.90 Å². The van der Waals surface area contributed by atoms with Crippen molar-refractivity contribution in [3.05, 3.63) is 29.8 Å². The van der Waals surface area contributed by atoms with Gasteiger partial charge in [0.2, 0.25) is 5.91 Å². The quantitative estimate of drug-likeness (QED) is 0.836. The lowest BCUT2D eigenvalue weighted by molar-refractivity contribution is -0.117. The zero-order valence-electron chi connectivity index (χ0n) is 12.3. The summed E-state index contributed by atoms with van der Waals surface area (Å²) < 4.78 is 0. The maximum absolute atomic E-state index is 11.7. The molecule has 0 aliphatic carbocycles. The smallest absolute Gasteiger partial charge is 0.227 e. The molecule has 0 aromatic heterocycles. The third-order valence-corrected chi connectivity index (χ3v) is 3.86. The Labute approximate surface area is 120 Å². The van der Waals surface area contributed by atoms with E-state index in [2.05, 4.69) is 24.4 Å². The summed E-state index contributed by atoms with van der Waals surface area (Å²) in [5.41, 5.74) is 2.19. The van der Waals surface area contributed by atoms with E-state index in [0.717, 1.165) is 25.2 Å². The molecule has 1 heterocycles. The van der Waals surface area contributed by atoms with Gasteiger partial charge in [0.25, 0.3) is 0 Å². The SMILES string of the molecule is CC(CO)CNC(C)c1ccc(N2CCCC2=O)cc1. The molecule has 1 aromatic rings. The normalized spacial score (nSPS) is 18.4. The first kappa shape index (κ1) is 15.0. The van der Waals surface area contributed by atoms with Crippen LogP contribution in [0.5, 0.6) is 0 Å². The molecule has 1 fully saturated rings. The van der Waals surface area contributed by atoms with E-state index in [9.17, 15) is 4.79 Å². The number of nitrogens with one attached hydrogen (secondary N) is 1. The summed E-state index contributed by atoms with van der Waals surface area (Å²) in [5.74, 6) is 0.486. The first-order valence-electron chi connectivity index (χ1n) is 7.36. The fourth-order valence-electron chi connectivity index (χ4n) is 2.42. The highest BCUT2D eigenvalue weighted by molar-refractivity contribution is 5.95. The van der Waals surface area contributed by atoms with Crippen molar-refractivity contribution in [1.82, 2.24) is 5.32 Å². The summed E-state index contributed by atoms with van der Waals surface area (Å²) in [6, 6.07) is 8.43. The molecule has 1 aliphatic rings. The molecule has 110 valence electrons. The van der Waals surface area contributed by atoms with E-state index in [1.54, 1.807) is 0 Å². The van der Waals surface area contributed by atoms with E-state index in [1.165, 1.54) is 5.56 Å². The minimum absolute atomic E-state index is 0.204. The van der Waals surface area contributed by atoms with Crippen LogP contribution >= 0.6 is 0 Å². The number of carbonyl (C=O) groups is 1. The van der Waals surface area contributed by atoms with Crippen molar-refractivity contribution in [1.29, 1.82) is 0 Å². The average molecular weight is 276 g/mol. The monoisotopic (exact) mass is 276 g/mol. The fraction of sp³-hybridized carbons (Fsp3) is 0.562. The standard InChI is InChI=1S/C16H24N2O2/c1-12(11-19)10-17-13(2)14-5-7-15(8-6-14)18-9-3-4-16(18)20/h5-8,12-13,17,19H,3-4,9-11H2,1-2H3. The molecule has 0 radical (unpaired) electrons. The molecule has 1 amide bonds. The van der Waals surface area contributed by atoms with E-state index >= 15 is 0 Å². The van der Waals surface area contributed by atoms with Gasteiger partial charge in [0, 0.05) is 37.8 Å². The van der Waals surface area contributed by atoms with Crippen molar-refractivity contribution in [2.75, 3.05) is 24.6 Å². The Hall–Kier alpha value is -1.39. The van der Waals surface area contributed by atoms with Crippen LogP contribution in [0.25, 0.3) is 0 Å². The predicted octanol–water partition coefficient (Wildman–Crippen LogP) is 2.09. The lowest BCUT2D eigenvalue weighted by Crippen LogP contribution is -2.26. The summed E-state index contributed by atoms with van der Waals surface area (Å²) >= 11 is 0. The largest absolute Gasteiger partial charge is 0.396 e. The second kappa shape index (κ2) is 6.86. The summed E-state index contributed by atoms with van der Waals surface area (Å²) in [6.07, 6.45) is 1.62. The number of amides is 1. The molecule has 4 heteroatoms. The zero-order valence-corrected chi connectivity index (χ0v) is 12.3. The Bertz CT molecular complexity index is 444. The predicted molar refractivity (Wildman–Crippen MR) is 80.7 cm³/mol. The van der Waals surface area contributed by atoms with E-state index in [0.29, 0.717) is 6.42 Å². The number of rotatable bonds is 6. The van der Waals surface area contributed by atoms with Crippen LogP contribution in [0.3, 0.4) is 0 Å². The fourth-order valence-corrected chi connectivity index (χ4v) is 2.42. The number of aliphatic hydroxyl groups excluding tert-OH is 1. The number of carbonyl (C=O) groups excluding carboxylic acids is 1. The first-order chi connectivity index (χ1) is 9.61. The molecule has 2 atom stereocenters. The van der Waals surface area contributed by atoms with Gasteiger partial charge < -0.3 is 15.3 Å². The highest BCUT2D eigenvalue weighted by atomic mass is 16.3. The van der Waals surface area contributed by atoms with E-state index < -0.39 is 0 Å². The third-order valence-electron chi connectivity index (χ3n) is 3.86. The number of nitrogens with zero attached hydrogens (tertiary/aromatic N) is 1. The second-order valence-corrected chi connectivity index (χ2v) is 5.66. The topological polar surface area (TPSA) is 52.6 Å². The lowest BCUT2D eigenvalue weighted by Gasteiger charge is -2.19. The molecule has 1 aliphatic heterocycles. The van der Waals surface area contributed by atoms with Crippen LogP contribution in [0.15, 0.2) is 24.3 Å². The van der Waals surface area contributed by atoms with Gasteiger partial charge in [-0.3, -0.25) is 4.79 Å². The number of benzene rings is 1. The van der Waals surface area contributed by atoms with Crippen molar-refractivity contribution in [2.45, 2.75) is 32.7 Å². The van der Waals surface area contributed by atoms with Crippen LogP contribution in [0.4, 0.5) is 5.69 Å². The van der Waals surface area contributed by atoms with Crippen molar-refractivity contribution in [3.8, 4) is 0 Å². The molecule has 0 spiro atoms. The molecule has 0 saturated carbocycles. The molecule has 1 saturated heterocycles. The van der Waals surface area contributed by atoms with Gasteiger partial charge in [0.15, 0.2) is 0 Å². The minimum Gasteiger partial charge on any atom is -0.396 e. The highest BCUT2D eigenvalue weighted by Gasteiger charge is 2.21. The molecule has 2 unspecified atom stereocenters. The van der Waals surface area contributed by atoms with Gasteiger partial charge in [-0.15, -0.1) is 0 Å². The molecule has 2 N–H and O–H groups in total. The Kier molecular flexibility index (Phi) is 5.15. The summed E-state index contributed by atoms with van der Waals surface area (Å²) in [4.78, 5) is 13.6. The first-order valence-corrected chi connectivity index (χ1v) is 7.36. The van der Waals surface area contributed by atoms with Gasteiger partial charge in [-0.25, -0.2) is 0 Å². The lowest BCUT2D eigenvalue weighted by atomic mass is 10.1. The van der Waals surface area contributed by atoms with E-state index in [4.69, 9.17) is 5.11 Å². The van der Waals surface area contributed by atoms with Crippen LogP contribution < -0.4 is 10.2 Å². The summed E-state index contributed by atoms with van der Waals surface area (Å²) in [7, 11) is 0. The molecule has 4 nitrogen and oxygen atoms in total. The Balaban J connectivity index is 1.95. The van der Waals surface area contributed by atoms with Crippen LogP contribution in [0.1, 0.15) is 38.3 Å². The number of anilines is 1. The number of aliphatic hydroxyl groups is 1. The Morgan fingerprint density at radius 3 is 2.55 bits per heavy atom. The maximum Gasteiger partial charge on any atom is 0.227 e. The van der Waals surface area contributed by atoms with E-state index in [1.807, 2.05) is 24.0 Å². The summed E-state index contributed by atoms with van der Waals surface area (Å²) in [6.45, 7) is 5.96. The molecule has 2 rings (SSSR count). The van der Waals surface area contributed by atoms with Gasteiger partial charge >= 0.3 is 0 Å². The van der Waals surface area contributed by atoms with Crippen LogP contribution in [0, 0.1) is 5.92 Å². The average Bonchev–Trinajstić information content (AvgIpc) is 2.90. The van der Waals surface area contributed by atoms with Crippen molar-refractivity contribution in [2.24, 2.45) is 5.92 Å². The summed E-state index contributed by atoms with van der Waals surface area (Å²) in [5, 5.41) is 12.4. The van der Waals surface area contributed by atoms with Gasteiger partial charge in [0.1, 0.15) is 0 Å². The van der Waals surface area contributed by atoms with Crippen LogP contribution in [0.2, 0.25) is 0 Å². The van der Waals surface area contributed by atoms with E-state index in [-0.39, 0.29) is 24.5 Å². The third kappa shape index (κ3) is 3.58. The van der Waals surface area contributed by atoms with Crippen LogP contribution in [-0.2, 0) is 4.79 Å². The van der Waals surface area contributed by atoms with Crippen molar-refractivity contribution >= 4 is 11.6 Å². The number of hydrogen-bond donors (Lipinski definition) is 2. The molecular weight excluding hydrogens is 252 g/mol. The van der Waals surface area contributed by atoms with Crippen LogP contribution in [-0.4, -0.2) is 30.7 Å². The van der Waals surface area contributed by atoms with Gasteiger partial charge in [-0.1, -0.05) is 19.1 Å².